The van der Waals surface area contributed by atoms with E-state index >= 15 is 0 Å². The zero-order valence-electron chi connectivity index (χ0n) is 15.2. The van der Waals surface area contributed by atoms with Crippen molar-refractivity contribution < 1.29 is 23.0 Å². The van der Waals surface area contributed by atoms with Crippen LogP contribution < -0.4 is 10.1 Å². The highest BCUT2D eigenvalue weighted by Gasteiger charge is 2.26. The van der Waals surface area contributed by atoms with E-state index in [1.165, 1.54) is 0 Å². The topological polar surface area (TPSA) is 50.8 Å². The number of alkyl carbamates (subject to hydrolysis) is 1. The van der Waals surface area contributed by atoms with Crippen LogP contribution in [0.5, 0.6) is 5.75 Å². The van der Waals surface area contributed by atoms with E-state index in [1.807, 2.05) is 26.8 Å². The lowest BCUT2D eigenvalue weighted by atomic mass is 10.2. The third-order valence-electron chi connectivity index (χ3n) is 3.77. The molecule has 1 aromatic rings. The molecule has 1 N–H and O–H groups in total. The van der Waals surface area contributed by atoms with Gasteiger partial charge >= 0.3 is 6.09 Å². The number of hydrogen-bond acceptors (Lipinski definition) is 4. The number of halogens is 3. The first-order chi connectivity index (χ1) is 12.1. The minimum atomic E-state index is -2.51. The first-order valence-corrected chi connectivity index (χ1v) is 9.33. The SMILES string of the molecule is CC(C)(C)OC(=O)NC1CCN(Cc2cc(Br)ccc2OCC(F)F)C1. The van der Waals surface area contributed by atoms with Crippen LogP contribution in [0.3, 0.4) is 0 Å². The summed E-state index contributed by atoms with van der Waals surface area (Å²) < 4.78 is 36.2. The Bertz CT molecular complexity index is 623. The van der Waals surface area contributed by atoms with Gasteiger partial charge in [-0.2, -0.15) is 0 Å². The van der Waals surface area contributed by atoms with Gasteiger partial charge in [-0.05, 0) is 45.4 Å². The number of amides is 1. The summed E-state index contributed by atoms with van der Waals surface area (Å²) in [5, 5.41) is 2.87. The van der Waals surface area contributed by atoms with E-state index < -0.39 is 24.7 Å². The lowest BCUT2D eigenvalue weighted by molar-refractivity contribution is 0.0505. The summed E-state index contributed by atoms with van der Waals surface area (Å²) in [5.74, 6) is 0.456. The van der Waals surface area contributed by atoms with Crippen molar-refractivity contribution >= 4 is 22.0 Å². The van der Waals surface area contributed by atoms with E-state index in [2.05, 4.69) is 26.1 Å². The Balaban J connectivity index is 1.91. The largest absolute Gasteiger partial charge is 0.487 e. The number of benzene rings is 1. The molecule has 0 radical (unpaired) electrons. The highest BCUT2D eigenvalue weighted by atomic mass is 79.9. The lowest BCUT2D eigenvalue weighted by Gasteiger charge is -2.22. The average molecular weight is 435 g/mol. The molecule has 1 aliphatic heterocycles. The van der Waals surface area contributed by atoms with Gasteiger partial charge in [-0.15, -0.1) is 0 Å². The fraction of sp³-hybridized carbons (Fsp3) is 0.611. The van der Waals surface area contributed by atoms with Crippen molar-refractivity contribution in [3.8, 4) is 5.75 Å². The maximum atomic E-state index is 12.4. The Morgan fingerprint density at radius 3 is 2.81 bits per heavy atom. The zero-order chi connectivity index (χ0) is 19.3. The predicted octanol–water partition coefficient (Wildman–Crippen LogP) is 4.19. The van der Waals surface area contributed by atoms with Crippen molar-refractivity contribution in [1.29, 1.82) is 0 Å². The molecule has 5 nitrogen and oxygen atoms in total. The molecule has 2 rings (SSSR count). The Kier molecular flexibility index (Phi) is 7.23. The molecule has 0 bridgehead atoms. The maximum absolute atomic E-state index is 12.4. The van der Waals surface area contributed by atoms with Gasteiger partial charge in [0.25, 0.3) is 6.43 Å². The normalized spacial score (nSPS) is 18.2. The van der Waals surface area contributed by atoms with Crippen molar-refractivity contribution in [2.24, 2.45) is 0 Å². The minimum Gasteiger partial charge on any atom is -0.487 e. The molecular formula is C18H25BrF2N2O3. The van der Waals surface area contributed by atoms with Crippen LogP contribution >= 0.6 is 15.9 Å². The molecule has 146 valence electrons. The second-order valence-electron chi connectivity index (χ2n) is 7.32. The van der Waals surface area contributed by atoms with E-state index in [1.54, 1.807) is 12.1 Å². The molecule has 26 heavy (non-hydrogen) atoms. The van der Waals surface area contributed by atoms with Crippen LogP contribution in [0.4, 0.5) is 13.6 Å². The molecule has 1 saturated heterocycles. The second kappa shape index (κ2) is 8.99. The Morgan fingerprint density at radius 1 is 1.42 bits per heavy atom. The molecule has 0 saturated carbocycles. The number of rotatable bonds is 6. The number of likely N-dealkylation sites (tertiary alicyclic amines) is 1. The maximum Gasteiger partial charge on any atom is 0.407 e. The Labute approximate surface area is 161 Å². The summed E-state index contributed by atoms with van der Waals surface area (Å²) in [7, 11) is 0. The van der Waals surface area contributed by atoms with Crippen molar-refractivity contribution in [3.05, 3.63) is 28.2 Å². The smallest absolute Gasteiger partial charge is 0.407 e. The van der Waals surface area contributed by atoms with Crippen LogP contribution in [0, 0.1) is 0 Å². The molecule has 1 amide bonds. The van der Waals surface area contributed by atoms with Gasteiger partial charge in [0.2, 0.25) is 0 Å². The second-order valence-corrected chi connectivity index (χ2v) is 8.24. The number of nitrogens with one attached hydrogen (secondary N) is 1. The van der Waals surface area contributed by atoms with Crippen LogP contribution in [0.15, 0.2) is 22.7 Å². The standard InChI is InChI=1S/C18H25BrF2N2O3/c1-18(2,3)26-17(24)22-14-6-7-23(10-14)9-12-8-13(19)4-5-15(12)25-11-16(20)21/h4-5,8,14,16H,6-7,9-11H2,1-3H3,(H,22,24). The highest BCUT2D eigenvalue weighted by molar-refractivity contribution is 9.10. The van der Waals surface area contributed by atoms with Crippen molar-refractivity contribution in [1.82, 2.24) is 10.2 Å². The summed E-state index contributed by atoms with van der Waals surface area (Å²) in [6.07, 6.45) is -2.13. The summed E-state index contributed by atoms with van der Waals surface area (Å²) in [4.78, 5) is 14.0. The van der Waals surface area contributed by atoms with Gasteiger partial charge in [0, 0.05) is 35.7 Å². The van der Waals surface area contributed by atoms with Crippen LogP contribution in [0.1, 0.15) is 32.8 Å². The van der Waals surface area contributed by atoms with Crippen LogP contribution in [-0.2, 0) is 11.3 Å². The van der Waals surface area contributed by atoms with E-state index in [0.717, 1.165) is 23.0 Å². The fourth-order valence-corrected chi connectivity index (χ4v) is 3.18. The van der Waals surface area contributed by atoms with Gasteiger partial charge in [-0.1, -0.05) is 15.9 Å². The molecule has 0 aliphatic carbocycles. The summed E-state index contributed by atoms with van der Waals surface area (Å²) in [6, 6.07) is 5.33. The first-order valence-electron chi connectivity index (χ1n) is 8.53. The third kappa shape index (κ3) is 7.07. The van der Waals surface area contributed by atoms with Crippen LogP contribution in [0.25, 0.3) is 0 Å². The first kappa shape index (κ1) is 20.9. The van der Waals surface area contributed by atoms with Gasteiger partial charge in [0.15, 0.2) is 0 Å². The number of ether oxygens (including phenoxy) is 2. The number of nitrogens with zero attached hydrogens (tertiary/aromatic N) is 1. The van der Waals surface area contributed by atoms with Crippen molar-refractivity contribution in [3.63, 3.8) is 0 Å². The van der Waals surface area contributed by atoms with Gasteiger partial charge in [0.05, 0.1) is 0 Å². The molecule has 0 spiro atoms. The van der Waals surface area contributed by atoms with E-state index in [4.69, 9.17) is 9.47 Å². The van der Waals surface area contributed by atoms with E-state index in [9.17, 15) is 13.6 Å². The van der Waals surface area contributed by atoms with Gasteiger partial charge in [-0.25, -0.2) is 13.6 Å². The fourth-order valence-electron chi connectivity index (χ4n) is 2.77. The number of alkyl halides is 2. The molecule has 1 unspecified atom stereocenters. The van der Waals surface area contributed by atoms with Crippen LogP contribution in [-0.4, -0.2) is 48.8 Å². The molecular weight excluding hydrogens is 410 g/mol. The van der Waals surface area contributed by atoms with Gasteiger partial charge in [-0.3, -0.25) is 4.90 Å². The minimum absolute atomic E-state index is 0.00225. The van der Waals surface area contributed by atoms with Gasteiger partial charge < -0.3 is 14.8 Å². The summed E-state index contributed by atoms with van der Waals surface area (Å²) >= 11 is 3.40. The third-order valence-corrected chi connectivity index (χ3v) is 4.27. The lowest BCUT2D eigenvalue weighted by Crippen LogP contribution is -2.40. The summed E-state index contributed by atoms with van der Waals surface area (Å²) in [5.41, 5.74) is 0.299. The van der Waals surface area contributed by atoms with E-state index in [-0.39, 0.29) is 6.04 Å². The number of carbonyl (C=O) groups excluding carboxylic acids is 1. The molecule has 0 aromatic heterocycles. The number of hydrogen-bond donors (Lipinski definition) is 1. The number of carbonyl (C=O) groups is 1. The summed E-state index contributed by atoms with van der Waals surface area (Å²) in [6.45, 7) is 6.86. The van der Waals surface area contributed by atoms with Crippen LogP contribution in [0.2, 0.25) is 0 Å². The Morgan fingerprint density at radius 2 is 2.15 bits per heavy atom. The Hall–Kier alpha value is -1.41. The van der Waals surface area contributed by atoms with Gasteiger partial charge in [0.1, 0.15) is 18.0 Å². The molecule has 1 aromatic carbocycles. The zero-order valence-corrected chi connectivity index (χ0v) is 16.8. The molecule has 8 heteroatoms. The van der Waals surface area contributed by atoms with E-state index in [0.29, 0.717) is 18.8 Å². The van der Waals surface area contributed by atoms with Crippen molar-refractivity contribution in [2.45, 2.75) is 51.8 Å². The molecule has 1 heterocycles. The highest BCUT2D eigenvalue weighted by Crippen LogP contribution is 2.26. The van der Waals surface area contributed by atoms with Crippen molar-refractivity contribution in [2.75, 3.05) is 19.7 Å². The predicted molar refractivity (Wildman–Crippen MR) is 98.7 cm³/mol. The average Bonchev–Trinajstić information content (AvgIpc) is 2.91. The quantitative estimate of drug-likeness (QED) is 0.728. The molecule has 1 aliphatic rings. The monoisotopic (exact) mass is 434 g/mol. The molecule has 1 atom stereocenters. The molecule has 1 fully saturated rings.